The zero-order valence-electron chi connectivity index (χ0n) is 11.1. The highest BCUT2D eigenvalue weighted by Gasteiger charge is 2.37. The summed E-state index contributed by atoms with van der Waals surface area (Å²) < 4.78 is 0. The molecule has 4 nitrogen and oxygen atoms in total. The van der Waals surface area contributed by atoms with Crippen LogP contribution in [-0.2, 0) is 9.59 Å². The molecule has 102 valence electrons. The summed E-state index contributed by atoms with van der Waals surface area (Å²) in [5, 5.41) is 9.28. The van der Waals surface area contributed by atoms with Gasteiger partial charge in [-0.3, -0.25) is 4.79 Å². The van der Waals surface area contributed by atoms with E-state index < -0.39 is 12.0 Å². The molecule has 0 radical (unpaired) electrons. The van der Waals surface area contributed by atoms with Crippen LogP contribution in [-0.4, -0.2) is 34.5 Å². The van der Waals surface area contributed by atoms with E-state index in [0.29, 0.717) is 24.8 Å². The van der Waals surface area contributed by atoms with Gasteiger partial charge in [0.25, 0.3) is 0 Å². The first-order valence-corrected chi connectivity index (χ1v) is 7.09. The number of carbonyl (C=O) groups is 2. The molecule has 1 saturated carbocycles. The number of hydrogen-bond acceptors (Lipinski definition) is 2. The fourth-order valence-corrected chi connectivity index (χ4v) is 3.64. The number of amides is 1. The van der Waals surface area contributed by atoms with E-state index in [1.54, 1.807) is 0 Å². The van der Waals surface area contributed by atoms with Crippen LogP contribution in [0.5, 0.6) is 0 Å². The van der Waals surface area contributed by atoms with Crippen molar-refractivity contribution >= 4 is 11.9 Å². The van der Waals surface area contributed by atoms with Gasteiger partial charge in [-0.1, -0.05) is 32.1 Å². The molecule has 2 fully saturated rings. The molecule has 0 aromatic carbocycles. The van der Waals surface area contributed by atoms with Crippen LogP contribution < -0.4 is 0 Å². The second kappa shape index (κ2) is 5.72. The molecule has 2 aliphatic rings. The van der Waals surface area contributed by atoms with Crippen LogP contribution in [0.2, 0.25) is 0 Å². The third-order valence-corrected chi connectivity index (χ3v) is 4.65. The Morgan fingerprint density at radius 3 is 2.28 bits per heavy atom. The molecule has 1 amide bonds. The summed E-state index contributed by atoms with van der Waals surface area (Å²) in [5.41, 5.74) is 0. The lowest BCUT2D eigenvalue weighted by atomic mass is 9.74. The van der Waals surface area contributed by atoms with Crippen LogP contribution in [0, 0.1) is 11.8 Å². The maximum absolute atomic E-state index is 11.5. The SMILES string of the molecule is CC(=O)N1CC[C@H](C2CCCCC2)C[C@@H]1C(=O)O. The van der Waals surface area contributed by atoms with E-state index in [1.165, 1.54) is 43.9 Å². The number of nitrogens with zero attached hydrogens (tertiary/aromatic N) is 1. The molecule has 1 saturated heterocycles. The number of likely N-dealkylation sites (tertiary alicyclic amines) is 1. The van der Waals surface area contributed by atoms with Crippen LogP contribution in [0.3, 0.4) is 0 Å². The monoisotopic (exact) mass is 253 g/mol. The molecule has 0 unspecified atom stereocenters. The summed E-state index contributed by atoms with van der Waals surface area (Å²) in [4.78, 5) is 24.3. The Morgan fingerprint density at radius 1 is 1.06 bits per heavy atom. The number of piperidine rings is 1. The minimum Gasteiger partial charge on any atom is -0.480 e. The number of aliphatic carboxylic acids is 1. The summed E-state index contributed by atoms with van der Waals surface area (Å²) in [5.74, 6) is 0.243. The molecule has 0 bridgehead atoms. The highest BCUT2D eigenvalue weighted by molar-refractivity contribution is 5.82. The van der Waals surface area contributed by atoms with Gasteiger partial charge in [-0.05, 0) is 24.7 Å². The summed E-state index contributed by atoms with van der Waals surface area (Å²) in [6.07, 6.45) is 8.03. The van der Waals surface area contributed by atoms with Gasteiger partial charge in [0.2, 0.25) is 5.91 Å². The third kappa shape index (κ3) is 2.85. The van der Waals surface area contributed by atoms with Crippen molar-refractivity contribution in [2.45, 2.75) is 57.9 Å². The van der Waals surface area contributed by atoms with Crippen molar-refractivity contribution in [1.82, 2.24) is 4.90 Å². The Morgan fingerprint density at radius 2 is 1.72 bits per heavy atom. The molecule has 1 N–H and O–H groups in total. The van der Waals surface area contributed by atoms with E-state index in [0.717, 1.165) is 6.42 Å². The van der Waals surface area contributed by atoms with Crippen molar-refractivity contribution in [3.63, 3.8) is 0 Å². The van der Waals surface area contributed by atoms with E-state index in [-0.39, 0.29) is 5.91 Å². The Hall–Kier alpha value is -1.06. The molecule has 0 spiro atoms. The average molecular weight is 253 g/mol. The third-order valence-electron chi connectivity index (χ3n) is 4.65. The van der Waals surface area contributed by atoms with Gasteiger partial charge in [0.05, 0.1) is 0 Å². The molecule has 2 atom stereocenters. The maximum atomic E-state index is 11.5. The standard InChI is InChI=1S/C14H23NO3/c1-10(16)15-8-7-12(9-13(15)14(17)18)11-5-3-2-4-6-11/h11-13H,2-9H2,1H3,(H,17,18)/t12-,13+/m0/s1. The topological polar surface area (TPSA) is 57.6 Å². The summed E-state index contributed by atoms with van der Waals surface area (Å²) in [7, 11) is 0. The average Bonchev–Trinajstić information content (AvgIpc) is 2.39. The number of carbonyl (C=O) groups excluding carboxylic acids is 1. The van der Waals surface area contributed by atoms with Crippen molar-refractivity contribution in [1.29, 1.82) is 0 Å². The van der Waals surface area contributed by atoms with Gasteiger partial charge in [-0.25, -0.2) is 4.79 Å². The van der Waals surface area contributed by atoms with Crippen molar-refractivity contribution in [2.75, 3.05) is 6.54 Å². The van der Waals surface area contributed by atoms with Crippen molar-refractivity contribution in [2.24, 2.45) is 11.8 Å². The van der Waals surface area contributed by atoms with Crippen LogP contribution >= 0.6 is 0 Å². The van der Waals surface area contributed by atoms with Crippen LogP contribution in [0.15, 0.2) is 0 Å². The predicted octanol–water partition coefficient (Wildman–Crippen LogP) is 2.28. The van der Waals surface area contributed by atoms with Gasteiger partial charge in [0, 0.05) is 13.5 Å². The first-order valence-electron chi connectivity index (χ1n) is 7.09. The van der Waals surface area contributed by atoms with Crippen molar-refractivity contribution in [3.8, 4) is 0 Å². The maximum Gasteiger partial charge on any atom is 0.326 e. The minimum atomic E-state index is -0.842. The lowest BCUT2D eigenvalue weighted by Gasteiger charge is -2.40. The lowest BCUT2D eigenvalue weighted by molar-refractivity contribution is -0.152. The van der Waals surface area contributed by atoms with Crippen LogP contribution in [0.25, 0.3) is 0 Å². The van der Waals surface area contributed by atoms with Gasteiger partial charge >= 0.3 is 5.97 Å². The molecular weight excluding hydrogens is 230 g/mol. The van der Waals surface area contributed by atoms with Crippen molar-refractivity contribution in [3.05, 3.63) is 0 Å². The van der Waals surface area contributed by atoms with Crippen LogP contribution in [0.1, 0.15) is 51.9 Å². The minimum absolute atomic E-state index is 0.107. The van der Waals surface area contributed by atoms with E-state index in [4.69, 9.17) is 0 Å². The van der Waals surface area contributed by atoms with Gasteiger partial charge < -0.3 is 10.0 Å². The zero-order chi connectivity index (χ0) is 13.1. The fraction of sp³-hybridized carbons (Fsp3) is 0.857. The largest absolute Gasteiger partial charge is 0.480 e. The molecule has 18 heavy (non-hydrogen) atoms. The summed E-state index contributed by atoms with van der Waals surface area (Å²) in [6.45, 7) is 2.09. The van der Waals surface area contributed by atoms with E-state index in [9.17, 15) is 14.7 Å². The van der Waals surface area contributed by atoms with Gasteiger partial charge in [0.1, 0.15) is 6.04 Å². The molecule has 0 aromatic rings. The van der Waals surface area contributed by atoms with E-state index in [2.05, 4.69) is 0 Å². The fourth-order valence-electron chi connectivity index (χ4n) is 3.64. The number of rotatable bonds is 2. The Bertz CT molecular complexity index is 323. The summed E-state index contributed by atoms with van der Waals surface area (Å²) in [6, 6.07) is -0.594. The second-order valence-corrected chi connectivity index (χ2v) is 5.75. The predicted molar refractivity (Wildman–Crippen MR) is 68.1 cm³/mol. The lowest BCUT2D eigenvalue weighted by Crippen LogP contribution is -2.50. The number of carboxylic acid groups (broad SMARTS) is 1. The molecule has 2 rings (SSSR count). The normalized spacial score (nSPS) is 30.2. The quantitative estimate of drug-likeness (QED) is 0.821. The highest BCUT2D eigenvalue weighted by Crippen LogP contribution is 2.37. The molecule has 1 aliphatic carbocycles. The molecule has 4 heteroatoms. The van der Waals surface area contributed by atoms with E-state index in [1.807, 2.05) is 0 Å². The Kier molecular flexibility index (Phi) is 4.25. The first kappa shape index (κ1) is 13.4. The smallest absolute Gasteiger partial charge is 0.326 e. The highest BCUT2D eigenvalue weighted by atomic mass is 16.4. The van der Waals surface area contributed by atoms with E-state index >= 15 is 0 Å². The Labute approximate surface area is 108 Å². The Balaban J connectivity index is 2.01. The summed E-state index contributed by atoms with van der Waals surface area (Å²) >= 11 is 0. The molecule has 1 aliphatic heterocycles. The van der Waals surface area contributed by atoms with Crippen LogP contribution in [0.4, 0.5) is 0 Å². The van der Waals surface area contributed by atoms with Gasteiger partial charge in [-0.15, -0.1) is 0 Å². The van der Waals surface area contributed by atoms with Gasteiger partial charge in [-0.2, -0.15) is 0 Å². The second-order valence-electron chi connectivity index (χ2n) is 5.75. The first-order chi connectivity index (χ1) is 8.59. The molecule has 1 heterocycles. The molecule has 0 aromatic heterocycles. The number of carboxylic acids is 1. The number of hydrogen-bond donors (Lipinski definition) is 1. The van der Waals surface area contributed by atoms with Gasteiger partial charge in [0.15, 0.2) is 0 Å². The zero-order valence-corrected chi connectivity index (χ0v) is 11.1. The van der Waals surface area contributed by atoms with Crippen molar-refractivity contribution < 1.29 is 14.7 Å². The molecular formula is C14H23NO3.